The number of fused-ring (bicyclic) bond motifs is 4. The highest BCUT2D eigenvalue weighted by Gasteiger charge is 2.09. The molecule has 0 aliphatic rings. The van der Waals surface area contributed by atoms with Gasteiger partial charge in [-0.3, -0.25) is 0 Å². The first-order chi connectivity index (χ1) is 16.5. The monoisotopic (exact) mass is 457 g/mol. The van der Waals surface area contributed by atoms with Crippen LogP contribution >= 0.6 is 0 Å². The van der Waals surface area contributed by atoms with E-state index in [1.807, 2.05) is 0 Å². The molecule has 0 aliphatic heterocycles. The van der Waals surface area contributed by atoms with E-state index in [2.05, 4.69) is 94.7 Å². The average molecular weight is 458 g/mol. The van der Waals surface area contributed by atoms with Gasteiger partial charge < -0.3 is 25.1 Å². The lowest BCUT2D eigenvalue weighted by atomic mass is 10.1. The standard InChI is InChI=1S/C25H25N3.C2H2O4/c1-2-28-24-10-6-4-8-21(24)22-15-18(11-12-25(22)28)16-26-14-13-19-17-27-23-9-5-3-7-20(19)23;3-1(4)2(5)6/h3-12,15,17,26-27H,2,13-14,16H2,1H3;(H,3,4)(H,5,6). The summed E-state index contributed by atoms with van der Waals surface area (Å²) in [5.74, 6) is -3.65. The van der Waals surface area contributed by atoms with Crippen LogP contribution in [0.4, 0.5) is 0 Å². The fourth-order valence-electron chi connectivity index (χ4n) is 4.35. The van der Waals surface area contributed by atoms with Crippen LogP contribution in [0.15, 0.2) is 72.9 Å². The number of carboxylic acids is 2. The van der Waals surface area contributed by atoms with Crippen LogP contribution in [0, 0.1) is 0 Å². The smallest absolute Gasteiger partial charge is 0.414 e. The highest BCUT2D eigenvalue weighted by Crippen LogP contribution is 2.29. The molecule has 0 atom stereocenters. The van der Waals surface area contributed by atoms with Gasteiger partial charge in [0.15, 0.2) is 0 Å². The molecule has 0 fully saturated rings. The molecule has 7 nitrogen and oxygen atoms in total. The zero-order valence-electron chi connectivity index (χ0n) is 18.9. The molecule has 0 spiro atoms. The van der Waals surface area contributed by atoms with Crippen molar-refractivity contribution < 1.29 is 19.8 Å². The number of aryl methyl sites for hydroxylation is 1. The highest BCUT2D eigenvalue weighted by molar-refractivity contribution is 6.27. The summed E-state index contributed by atoms with van der Waals surface area (Å²) in [5, 5.41) is 22.4. The van der Waals surface area contributed by atoms with Gasteiger partial charge in [-0.05, 0) is 55.3 Å². The molecule has 3 aromatic carbocycles. The fraction of sp³-hybridized carbons (Fsp3) is 0.185. The minimum atomic E-state index is -1.82. The molecular formula is C27H27N3O4. The van der Waals surface area contributed by atoms with Crippen LogP contribution in [0.3, 0.4) is 0 Å². The van der Waals surface area contributed by atoms with Crippen LogP contribution in [-0.4, -0.2) is 38.2 Å². The molecule has 0 bridgehead atoms. The Bertz CT molecular complexity index is 1450. The largest absolute Gasteiger partial charge is 0.473 e. The minimum Gasteiger partial charge on any atom is -0.473 e. The zero-order valence-corrected chi connectivity index (χ0v) is 18.9. The molecule has 2 aromatic heterocycles. The normalized spacial score (nSPS) is 11.0. The lowest BCUT2D eigenvalue weighted by Crippen LogP contribution is -2.16. The zero-order chi connectivity index (χ0) is 24.1. The first kappa shape index (κ1) is 23.1. The van der Waals surface area contributed by atoms with Crippen LogP contribution < -0.4 is 5.32 Å². The van der Waals surface area contributed by atoms with Gasteiger partial charge in [0.25, 0.3) is 0 Å². The fourth-order valence-corrected chi connectivity index (χ4v) is 4.35. The van der Waals surface area contributed by atoms with E-state index in [0.717, 1.165) is 26.1 Å². The molecule has 0 aliphatic carbocycles. The van der Waals surface area contributed by atoms with E-state index >= 15 is 0 Å². The second-order valence-corrected chi connectivity index (χ2v) is 8.01. The van der Waals surface area contributed by atoms with Crippen molar-refractivity contribution in [2.75, 3.05) is 6.54 Å². The molecule has 4 N–H and O–H groups in total. The number of benzene rings is 3. The molecule has 0 radical (unpaired) electrons. The molecule has 0 saturated carbocycles. The second-order valence-electron chi connectivity index (χ2n) is 8.01. The quantitative estimate of drug-likeness (QED) is 0.217. The van der Waals surface area contributed by atoms with Gasteiger partial charge in [-0.25, -0.2) is 9.59 Å². The van der Waals surface area contributed by atoms with Crippen LogP contribution in [0.2, 0.25) is 0 Å². The summed E-state index contributed by atoms with van der Waals surface area (Å²) in [6.45, 7) is 5.07. The number of rotatable bonds is 6. The van der Waals surface area contributed by atoms with Gasteiger partial charge in [0.2, 0.25) is 0 Å². The van der Waals surface area contributed by atoms with E-state index in [1.165, 1.54) is 43.8 Å². The van der Waals surface area contributed by atoms with Gasteiger partial charge in [-0.1, -0.05) is 42.5 Å². The number of carbonyl (C=O) groups is 2. The predicted octanol–water partition coefficient (Wildman–Crippen LogP) is 4.78. The summed E-state index contributed by atoms with van der Waals surface area (Å²) in [6, 6.07) is 24.1. The Morgan fingerprint density at radius 2 is 1.56 bits per heavy atom. The predicted molar refractivity (Wildman–Crippen MR) is 134 cm³/mol. The van der Waals surface area contributed by atoms with Crippen molar-refractivity contribution in [2.45, 2.75) is 26.4 Å². The Morgan fingerprint density at radius 3 is 2.29 bits per heavy atom. The third kappa shape index (κ3) is 4.79. The summed E-state index contributed by atoms with van der Waals surface area (Å²) in [4.78, 5) is 21.6. The summed E-state index contributed by atoms with van der Waals surface area (Å²) >= 11 is 0. The molecule has 5 rings (SSSR count). The molecule has 0 unspecified atom stereocenters. The van der Waals surface area contributed by atoms with Crippen molar-refractivity contribution in [3.05, 3.63) is 84.1 Å². The molecule has 0 amide bonds. The maximum atomic E-state index is 9.10. The summed E-state index contributed by atoms with van der Waals surface area (Å²) in [5.41, 5.74) is 6.58. The second kappa shape index (κ2) is 10.2. The number of hydrogen-bond acceptors (Lipinski definition) is 3. The third-order valence-corrected chi connectivity index (χ3v) is 5.91. The van der Waals surface area contributed by atoms with Crippen LogP contribution in [-0.2, 0) is 29.1 Å². The number of hydrogen-bond donors (Lipinski definition) is 4. The highest BCUT2D eigenvalue weighted by atomic mass is 16.4. The SMILES string of the molecule is CCn1c2ccccc2c2cc(CNCCc3c[nH]c4ccccc34)ccc21.O=C(O)C(=O)O. The molecule has 34 heavy (non-hydrogen) atoms. The van der Waals surface area contributed by atoms with E-state index in [-0.39, 0.29) is 0 Å². The molecule has 0 saturated heterocycles. The van der Waals surface area contributed by atoms with Gasteiger partial charge in [-0.15, -0.1) is 0 Å². The number of aromatic amines is 1. The lowest BCUT2D eigenvalue weighted by molar-refractivity contribution is -0.159. The van der Waals surface area contributed by atoms with Gasteiger partial charge in [0.05, 0.1) is 0 Å². The molecule has 5 aromatic rings. The Hall–Kier alpha value is -4.10. The van der Waals surface area contributed by atoms with Crippen molar-refractivity contribution in [1.29, 1.82) is 0 Å². The molecule has 174 valence electrons. The number of aromatic nitrogens is 2. The third-order valence-electron chi connectivity index (χ3n) is 5.91. The minimum absolute atomic E-state index is 0.893. The molecule has 7 heteroatoms. The number of H-pyrrole nitrogens is 1. The number of aliphatic carboxylic acids is 2. The van der Waals surface area contributed by atoms with E-state index in [1.54, 1.807) is 0 Å². The van der Waals surface area contributed by atoms with Crippen molar-refractivity contribution in [3.63, 3.8) is 0 Å². The van der Waals surface area contributed by atoms with Crippen molar-refractivity contribution in [2.24, 2.45) is 0 Å². The lowest BCUT2D eigenvalue weighted by Gasteiger charge is -2.06. The summed E-state index contributed by atoms with van der Waals surface area (Å²) in [7, 11) is 0. The van der Waals surface area contributed by atoms with Crippen molar-refractivity contribution in [3.8, 4) is 0 Å². The molecular weight excluding hydrogens is 430 g/mol. The maximum Gasteiger partial charge on any atom is 0.414 e. The van der Waals surface area contributed by atoms with Gasteiger partial charge >= 0.3 is 11.9 Å². The number of carboxylic acid groups (broad SMARTS) is 2. The van der Waals surface area contributed by atoms with E-state index in [9.17, 15) is 0 Å². The first-order valence-electron chi connectivity index (χ1n) is 11.2. The van der Waals surface area contributed by atoms with Gasteiger partial charge in [0, 0.05) is 52.0 Å². The number of nitrogens with zero attached hydrogens (tertiary/aromatic N) is 1. The summed E-state index contributed by atoms with van der Waals surface area (Å²) < 4.78 is 2.40. The van der Waals surface area contributed by atoms with E-state index < -0.39 is 11.9 Å². The Labute approximate surface area is 196 Å². The summed E-state index contributed by atoms with van der Waals surface area (Å²) in [6.07, 6.45) is 3.17. The van der Waals surface area contributed by atoms with Gasteiger partial charge in [0.1, 0.15) is 0 Å². The van der Waals surface area contributed by atoms with E-state index in [0.29, 0.717) is 0 Å². The molecule has 2 heterocycles. The maximum absolute atomic E-state index is 9.10. The van der Waals surface area contributed by atoms with Crippen molar-refractivity contribution >= 4 is 44.6 Å². The number of para-hydroxylation sites is 2. The average Bonchev–Trinajstić information content (AvgIpc) is 3.40. The van der Waals surface area contributed by atoms with Crippen LogP contribution in [0.25, 0.3) is 32.7 Å². The van der Waals surface area contributed by atoms with Gasteiger partial charge in [-0.2, -0.15) is 0 Å². The topological polar surface area (TPSA) is 107 Å². The van der Waals surface area contributed by atoms with Crippen molar-refractivity contribution in [1.82, 2.24) is 14.9 Å². The number of nitrogens with one attached hydrogen (secondary N) is 2. The Morgan fingerprint density at radius 1 is 0.882 bits per heavy atom. The van der Waals surface area contributed by atoms with Crippen LogP contribution in [0.5, 0.6) is 0 Å². The van der Waals surface area contributed by atoms with E-state index in [4.69, 9.17) is 19.8 Å². The Kier molecular flexibility index (Phi) is 6.94. The first-order valence-corrected chi connectivity index (χ1v) is 11.2. The van der Waals surface area contributed by atoms with Crippen LogP contribution in [0.1, 0.15) is 18.1 Å². The Balaban J connectivity index is 0.000000408.